The van der Waals surface area contributed by atoms with Crippen LogP contribution in [-0.2, 0) is 10.2 Å². The molecule has 1 aliphatic rings. The molecule has 1 amide bonds. The van der Waals surface area contributed by atoms with Gasteiger partial charge in [0.25, 0.3) is 0 Å². The Morgan fingerprint density at radius 2 is 1.89 bits per heavy atom. The fraction of sp³-hybridized carbons (Fsp3) is 0.562. The van der Waals surface area contributed by atoms with Crippen molar-refractivity contribution in [1.29, 1.82) is 0 Å². The number of hydrogen-bond donors (Lipinski definition) is 2. The Hall–Kier alpha value is -1.35. The van der Waals surface area contributed by atoms with Crippen molar-refractivity contribution in [2.45, 2.75) is 51.6 Å². The molecule has 2 rings (SSSR count). The van der Waals surface area contributed by atoms with Crippen molar-refractivity contribution >= 4 is 5.91 Å². The van der Waals surface area contributed by atoms with Crippen LogP contribution in [0.3, 0.4) is 0 Å². The molecule has 0 saturated carbocycles. The van der Waals surface area contributed by atoms with Gasteiger partial charge in [-0.15, -0.1) is 0 Å². The van der Waals surface area contributed by atoms with Gasteiger partial charge >= 0.3 is 0 Å². The van der Waals surface area contributed by atoms with Crippen molar-refractivity contribution in [3.63, 3.8) is 0 Å². The van der Waals surface area contributed by atoms with Gasteiger partial charge in [0.05, 0.1) is 0 Å². The highest BCUT2D eigenvalue weighted by molar-refractivity contribution is 5.78. The number of hydrogen-bond acceptors (Lipinski definition) is 2. The van der Waals surface area contributed by atoms with Crippen LogP contribution >= 0.6 is 0 Å². The summed E-state index contributed by atoms with van der Waals surface area (Å²) in [5.41, 5.74) is 2.81. The molecule has 0 spiro atoms. The first-order valence-corrected chi connectivity index (χ1v) is 6.99. The van der Waals surface area contributed by atoms with Gasteiger partial charge in [0.15, 0.2) is 0 Å². The maximum Gasteiger partial charge on any atom is 0.221 e. The monoisotopic (exact) mass is 260 g/mol. The lowest BCUT2D eigenvalue weighted by Gasteiger charge is -2.22. The highest BCUT2D eigenvalue weighted by Gasteiger charge is 2.23. The van der Waals surface area contributed by atoms with E-state index in [9.17, 15) is 4.79 Å². The first kappa shape index (κ1) is 14.1. The van der Waals surface area contributed by atoms with Crippen molar-refractivity contribution in [2.75, 3.05) is 6.54 Å². The van der Waals surface area contributed by atoms with E-state index < -0.39 is 0 Å². The third-order valence-corrected chi connectivity index (χ3v) is 3.74. The van der Waals surface area contributed by atoms with Gasteiger partial charge in [0.2, 0.25) is 5.91 Å². The zero-order valence-corrected chi connectivity index (χ0v) is 12.3. The molecule has 1 aliphatic heterocycles. The van der Waals surface area contributed by atoms with Crippen molar-refractivity contribution in [3.05, 3.63) is 35.4 Å². The number of nitrogens with one attached hydrogen (secondary N) is 2. The third kappa shape index (κ3) is 3.57. The van der Waals surface area contributed by atoms with Gasteiger partial charge in [-0.25, -0.2) is 0 Å². The summed E-state index contributed by atoms with van der Waals surface area (Å²) in [5, 5.41) is 6.35. The SMILES string of the molecule is CC(NC1CNC(=O)C1)c1ccc(C(C)(C)C)cc1. The van der Waals surface area contributed by atoms with Crippen molar-refractivity contribution in [1.82, 2.24) is 10.6 Å². The van der Waals surface area contributed by atoms with Gasteiger partial charge in [0, 0.05) is 25.0 Å². The number of rotatable bonds is 3. The van der Waals surface area contributed by atoms with Crippen molar-refractivity contribution in [2.24, 2.45) is 0 Å². The first-order chi connectivity index (χ1) is 8.86. The summed E-state index contributed by atoms with van der Waals surface area (Å²) in [6.07, 6.45) is 0.588. The highest BCUT2D eigenvalue weighted by Crippen LogP contribution is 2.24. The van der Waals surface area contributed by atoms with E-state index in [0.717, 1.165) is 6.54 Å². The van der Waals surface area contributed by atoms with Gasteiger partial charge in [-0.1, -0.05) is 45.0 Å². The minimum Gasteiger partial charge on any atom is -0.354 e. The van der Waals surface area contributed by atoms with E-state index in [4.69, 9.17) is 0 Å². The van der Waals surface area contributed by atoms with Gasteiger partial charge in [-0.05, 0) is 23.5 Å². The molecule has 2 atom stereocenters. The normalized spacial score (nSPS) is 21.3. The van der Waals surface area contributed by atoms with Crippen LogP contribution in [0.1, 0.15) is 51.3 Å². The maximum atomic E-state index is 11.2. The molecule has 1 aromatic carbocycles. The van der Waals surface area contributed by atoms with Crippen LogP contribution in [0.4, 0.5) is 0 Å². The predicted octanol–water partition coefficient (Wildman–Crippen LogP) is 2.52. The van der Waals surface area contributed by atoms with E-state index in [1.54, 1.807) is 0 Å². The topological polar surface area (TPSA) is 41.1 Å². The number of carbonyl (C=O) groups is 1. The molecule has 1 fully saturated rings. The van der Waals surface area contributed by atoms with E-state index in [1.165, 1.54) is 11.1 Å². The van der Waals surface area contributed by atoms with Crippen LogP contribution in [-0.4, -0.2) is 18.5 Å². The fourth-order valence-corrected chi connectivity index (χ4v) is 2.44. The van der Waals surface area contributed by atoms with Gasteiger partial charge in [-0.3, -0.25) is 4.79 Å². The van der Waals surface area contributed by atoms with Crippen molar-refractivity contribution in [3.8, 4) is 0 Å². The summed E-state index contributed by atoms with van der Waals surface area (Å²) >= 11 is 0. The van der Waals surface area contributed by atoms with Gasteiger partial charge in [-0.2, -0.15) is 0 Å². The van der Waals surface area contributed by atoms with Crippen molar-refractivity contribution < 1.29 is 4.79 Å². The van der Waals surface area contributed by atoms with E-state index in [1.807, 2.05) is 0 Å². The highest BCUT2D eigenvalue weighted by atomic mass is 16.1. The quantitative estimate of drug-likeness (QED) is 0.877. The lowest BCUT2D eigenvalue weighted by molar-refractivity contribution is -0.119. The van der Waals surface area contributed by atoms with E-state index >= 15 is 0 Å². The predicted molar refractivity (Wildman–Crippen MR) is 78.1 cm³/mol. The Morgan fingerprint density at radius 1 is 1.26 bits per heavy atom. The molecule has 2 N–H and O–H groups in total. The molecule has 3 heteroatoms. The summed E-state index contributed by atoms with van der Waals surface area (Å²) < 4.78 is 0. The van der Waals surface area contributed by atoms with E-state index in [-0.39, 0.29) is 23.4 Å². The Bertz CT molecular complexity index is 445. The largest absolute Gasteiger partial charge is 0.354 e. The second-order valence-corrected chi connectivity index (χ2v) is 6.47. The second kappa shape index (κ2) is 5.33. The number of carbonyl (C=O) groups excluding carboxylic acids is 1. The first-order valence-electron chi connectivity index (χ1n) is 6.99. The smallest absolute Gasteiger partial charge is 0.221 e. The molecule has 104 valence electrons. The van der Waals surface area contributed by atoms with Crippen LogP contribution in [0.15, 0.2) is 24.3 Å². The molecule has 0 aromatic heterocycles. The lowest BCUT2D eigenvalue weighted by Crippen LogP contribution is -2.33. The van der Waals surface area contributed by atoms with Crippen LogP contribution in [0.5, 0.6) is 0 Å². The molecule has 3 nitrogen and oxygen atoms in total. The van der Waals surface area contributed by atoms with Crippen LogP contribution < -0.4 is 10.6 Å². The average Bonchev–Trinajstić information content (AvgIpc) is 2.74. The second-order valence-electron chi connectivity index (χ2n) is 6.47. The average molecular weight is 260 g/mol. The lowest BCUT2D eigenvalue weighted by atomic mass is 9.86. The molecule has 1 aromatic rings. The number of benzene rings is 1. The number of amides is 1. The third-order valence-electron chi connectivity index (χ3n) is 3.74. The zero-order chi connectivity index (χ0) is 14.0. The Kier molecular flexibility index (Phi) is 3.95. The fourth-order valence-electron chi connectivity index (χ4n) is 2.44. The van der Waals surface area contributed by atoms with Gasteiger partial charge < -0.3 is 10.6 Å². The molecule has 19 heavy (non-hydrogen) atoms. The van der Waals surface area contributed by atoms with E-state index in [0.29, 0.717) is 6.42 Å². The molecule has 2 unspecified atom stereocenters. The maximum absolute atomic E-state index is 11.2. The van der Waals surface area contributed by atoms with E-state index in [2.05, 4.69) is 62.6 Å². The zero-order valence-electron chi connectivity index (χ0n) is 12.3. The molecule has 1 saturated heterocycles. The van der Waals surface area contributed by atoms with Crippen LogP contribution in [0, 0.1) is 0 Å². The summed E-state index contributed by atoms with van der Waals surface area (Å²) in [6.45, 7) is 9.55. The Morgan fingerprint density at radius 3 is 2.37 bits per heavy atom. The molecule has 0 aliphatic carbocycles. The summed E-state index contributed by atoms with van der Waals surface area (Å²) in [5.74, 6) is 0.146. The molecule has 0 bridgehead atoms. The minimum absolute atomic E-state index is 0.146. The van der Waals surface area contributed by atoms with Crippen LogP contribution in [0.25, 0.3) is 0 Å². The minimum atomic E-state index is 0.146. The molecule has 0 radical (unpaired) electrons. The summed E-state index contributed by atoms with van der Waals surface area (Å²) in [4.78, 5) is 11.2. The molecular formula is C16H24N2O. The standard InChI is InChI=1S/C16H24N2O/c1-11(18-14-9-15(19)17-10-14)12-5-7-13(8-6-12)16(2,3)4/h5-8,11,14,18H,9-10H2,1-4H3,(H,17,19). The van der Waals surface area contributed by atoms with Crippen LogP contribution in [0.2, 0.25) is 0 Å². The Labute approximate surface area is 115 Å². The molecule has 1 heterocycles. The summed E-state index contributed by atoms with van der Waals surface area (Å²) in [7, 11) is 0. The van der Waals surface area contributed by atoms with Gasteiger partial charge in [0.1, 0.15) is 0 Å². The molecular weight excluding hydrogens is 236 g/mol. The summed E-state index contributed by atoms with van der Waals surface area (Å²) in [6, 6.07) is 9.29. The Balaban J connectivity index is 1.99.